The molecule has 2 atom stereocenters. The number of rotatable bonds is 7. The van der Waals surface area contributed by atoms with Gasteiger partial charge in [0.2, 0.25) is 0 Å². The van der Waals surface area contributed by atoms with Crippen LogP contribution in [0.4, 0.5) is 8.78 Å². The van der Waals surface area contributed by atoms with Crippen LogP contribution in [-0.2, 0) is 4.79 Å². The molecule has 5 heteroatoms. The first-order valence-electron chi connectivity index (χ1n) is 8.14. The number of carbonyl (C=O) groups is 2. The van der Waals surface area contributed by atoms with E-state index >= 15 is 0 Å². The highest BCUT2D eigenvalue weighted by Gasteiger charge is 2.26. The molecule has 1 aliphatic carbocycles. The summed E-state index contributed by atoms with van der Waals surface area (Å²) in [6.07, 6.45) is 5.68. The van der Waals surface area contributed by atoms with Gasteiger partial charge in [-0.05, 0) is 42.9 Å². The molecule has 0 radical (unpaired) electrons. The lowest BCUT2D eigenvalue weighted by Crippen LogP contribution is -2.21. The monoisotopic (exact) mass is 386 g/mol. The maximum Gasteiger partial charge on any atom is 0.301 e. The smallest absolute Gasteiger partial charge is 0.294 e. The quantitative estimate of drug-likeness (QED) is 0.449. The van der Waals surface area contributed by atoms with Crippen LogP contribution in [0.5, 0.6) is 0 Å². The normalized spacial score (nSPS) is 21.2. The minimum absolute atomic E-state index is 0.0313. The minimum Gasteiger partial charge on any atom is -0.294 e. The molecule has 1 aliphatic rings. The number of benzene rings is 1. The van der Waals surface area contributed by atoms with E-state index in [0.29, 0.717) is 35.6 Å². The van der Waals surface area contributed by atoms with Gasteiger partial charge < -0.3 is 0 Å². The Hall–Kier alpha value is -1.10. The van der Waals surface area contributed by atoms with Crippen LogP contribution in [-0.4, -0.2) is 11.8 Å². The van der Waals surface area contributed by atoms with Gasteiger partial charge in [-0.2, -0.15) is 4.39 Å². The minimum atomic E-state index is -1.26. The second-order valence-electron chi connectivity index (χ2n) is 6.28. The number of hydrogen-bond donors (Lipinski definition) is 0. The summed E-state index contributed by atoms with van der Waals surface area (Å²) >= 11 is 3.17. The first-order valence-corrected chi connectivity index (χ1v) is 8.93. The van der Waals surface area contributed by atoms with Gasteiger partial charge in [-0.25, -0.2) is 4.39 Å². The number of ketones is 1. The van der Waals surface area contributed by atoms with Crippen molar-refractivity contribution in [2.75, 3.05) is 0 Å². The molecule has 1 aromatic carbocycles. The van der Waals surface area contributed by atoms with E-state index in [2.05, 4.69) is 15.9 Å². The fourth-order valence-electron chi connectivity index (χ4n) is 3.51. The van der Waals surface area contributed by atoms with Gasteiger partial charge in [-0.15, -0.1) is 0 Å². The predicted octanol–water partition coefficient (Wildman–Crippen LogP) is 5.63. The molecule has 0 amide bonds. The zero-order valence-corrected chi connectivity index (χ0v) is 14.6. The molecule has 2 rings (SSSR count). The Balaban J connectivity index is 1.91. The van der Waals surface area contributed by atoms with Crippen LogP contribution in [0.1, 0.15) is 61.7 Å². The van der Waals surface area contributed by atoms with Crippen molar-refractivity contribution in [3.8, 4) is 0 Å². The zero-order chi connectivity index (χ0) is 16.8. The number of carbonyl (C=O) groups excluding carboxylic acids is 2. The van der Waals surface area contributed by atoms with E-state index in [1.165, 1.54) is 12.1 Å². The highest BCUT2D eigenvalue weighted by molar-refractivity contribution is 9.10. The SMILES string of the molecule is O=C(F)CCC1CCCCC1CCC(=O)c1ccc(Br)cc1F. The van der Waals surface area contributed by atoms with Crippen LogP contribution >= 0.6 is 15.9 Å². The van der Waals surface area contributed by atoms with Crippen LogP contribution in [0, 0.1) is 17.7 Å². The molecular weight excluding hydrogens is 366 g/mol. The molecule has 23 heavy (non-hydrogen) atoms. The topological polar surface area (TPSA) is 34.1 Å². The molecule has 0 saturated heterocycles. The van der Waals surface area contributed by atoms with Crippen molar-refractivity contribution in [1.82, 2.24) is 0 Å². The molecule has 0 heterocycles. The third kappa shape index (κ3) is 5.48. The fraction of sp³-hybridized carbons (Fsp3) is 0.556. The van der Waals surface area contributed by atoms with Crippen LogP contribution in [0.15, 0.2) is 22.7 Å². The average Bonchev–Trinajstić information content (AvgIpc) is 2.51. The summed E-state index contributed by atoms with van der Waals surface area (Å²) in [7, 11) is 0. The van der Waals surface area contributed by atoms with Crippen molar-refractivity contribution in [1.29, 1.82) is 0 Å². The Morgan fingerprint density at radius 3 is 2.26 bits per heavy atom. The lowest BCUT2D eigenvalue weighted by Gasteiger charge is -2.31. The third-order valence-corrected chi connectivity index (χ3v) is 5.25. The van der Waals surface area contributed by atoms with E-state index in [0.717, 1.165) is 25.7 Å². The largest absolute Gasteiger partial charge is 0.301 e. The van der Waals surface area contributed by atoms with E-state index in [1.807, 2.05) is 0 Å². The van der Waals surface area contributed by atoms with Crippen LogP contribution in [0.3, 0.4) is 0 Å². The van der Waals surface area contributed by atoms with Gasteiger partial charge in [0.25, 0.3) is 0 Å². The Bertz CT molecular complexity index is 574. The van der Waals surface area contributed by atoms with Gasteiger partial charge >= 0.3 is 6.04 Å². The molecule has 2 nitrogen and oxygen atoms in total. The number of Topliss-reactive ketones (excluding diaryl/α,β-unsaturated/α-hetero) is 1. The third-order valence-electron chi connectivity index (χ3n) is 4.75. The highest BCUT2D eigenvalue weighted by atomic mass is 79.9. The first kappa shape index (κ1) is 18.2. The molecule has 1 fully saturated rings. The second kappa shape index (κ2) is 8.67. The molecule has 1 saturated carbocycles. The lowest BCUT2D eigenvalue weighted by molar-refractivity contribution is -0.129. The van der Waals surface area contributed by atoms with Gasteiger partial charge in [0.05, 0.1) is 5.56 Å². The van der Waals surface area contributed by atoms with Crippen molar-refractivity contribution in [3.05, 3.63) is 34.1 Å². The van der Waals surface area contributed by atoms with Crippen molar-refractivity contribution in [2.24, 2.45) is 11.8 Å². The molecule has 0 spiro atoms. The molecule has 2 unspecified atom stereocenters. The molecule has 0 N–H and O–H groups in total. The van der Waals surface area contributed by atoms with Crippen LogP contribution in [0.25, 0.3) is 0 Å². The molecule has 0 aliphatic heterocycles. The van der Waals surface area contributed by atoms with Crippen molar-refractivity contribution >= 4 is 27.8 Å². The Kier molecular flexibility index (Phi) is 6.88. The Morgan fingerprint density at radius 2 is 1.70 bits per heavy atom. The molecular formula is C18H21BrF2O2. The van der Waals surface area contributed by atoms with E-state index in [4.69, 9.17) is 0 Å². The highest BCUT2D eigenvalue weighted by Crippen LogP contribution is 2.36. The van der Waals surface area contributed by atoms with Crippen LogP contribution in [0.2, 0.25) is 0 Å². The van der Waals surface area contributed by atoms with E-state index in [-0.39, 0.29) is 17.8 Å². The number of hydrogen-bond acceptors (Lipinski definition) is 2. The number of halogens is 3. The summed E-state index contributed by atoms with van der Waals surface area (Å²) in [6, 6.07) is 3.19. The van der Waals surface area contributed by atoms with Gasteiger partial charge in [-0.3, -0.25) is 9.59 Å². The first-order chi connectivity index (χ1) is 11.0. The van der Waals surface area contributed by atoms with Gasteiger partial charge in [0.15, 0.2) is 5.78 Å². The van der Waals surface area contributed by atoms with Gasteiger partial charge in [0, 0.05) is 17.3 Å². The van der Waals surface area contributed by atoms with Gasteiger partial charge in [0.1, 0.15) is 5.82 Å². The molecule has 0 bridgehead atoms. The average molecular weight is 387 g/mol. The van der Waals surface area contributed by atoms with Crippen molar-refractivity contribution in [2.45, 2.75) is 51.4 Å². The molecule has 1 aromatic rings. The Labute approximate surface area is 143 Å². The fourth-order valence-corrected chi connectivity index (χ4v) is 3.84. The van der Waals surface area contributed by atoms with E-state index in [1.54, 1.807) is 6.07 Å². The summed E-state index contributed by atoms with van der Waals surface area (Å²) < 4.78 is 26.9. The van der Waals surface area contributed by atoms with Crippen molar-refractivity contribution in [3.63, 3.8) is 0 Å². The summed E-state index contributed by atoms with van der Waals surface area (Å²) in [5.74, 6) is -0.0786. The Morgan fingerprint density at radius 1 is 1.09 bits per heavy atom. The van der Waals surface area contributed by atoms with Crippen LogP contribution < -0.4 is 0 Å². The molecule has 126 valence electrons. The van der Waals surface area contributed by atoms with Gasteiger partial charge in [-0.1, -0.05) is 41.6 Å². The summed E-state index contributed by atoms with van der Waals surface area (Å²) in [4.78, 5) is 22.8. The summed E-state index contributed by atoms with van der Waals surface area (Å²) in [5.41, 5.74) is 0.125. The summed E-state index contributed by atoms with van der Waals surface area (Å²) in [6.45, 7) is 0. The standard InChI is InChI=1S/C18H21BrF2O2/c19-14-7-8-15(16(20)11-14)17(22)9-5-12-3-1-2-4-13(12)6-10-18(21)23/h7-8,11-13H,1-6,9-10H2. The maximum absolute atomic E-state index is 13.8. The summed E-state index contributed by atoms with van der Waals surface area (Å²) in [5, 5.41) is 0. The maximum atomic E-state index is 13.8. The van der Waals surface area contributed by atoms with E-state index in [9.17, 15) is 18.4 Å². The lowest BCUT2D eigenvalue weighted by atomic mass is 9.74. The van der Waals surface area contributed by atoms with Crippen molar-refractivity contribution < 1.29 is 18.4 Å². The predicted molar refractivity (Wildman–Crippen MR) is 88.5 cm³/mol. The second-order valence-corrected chi connectivity index (χ2v) is 7.20. The van der Waals surface area contributed by atoms with E-state index < -0.39 is 11.9 Å². The molecule has 0 aromatic heterocycles. The zero-order valence-electron chi connectivity index (χ0n) is 13.0.